The molecule has 1 aromatic rings. The first-order chi connectivity index (χ1) is 6.40. The van der Waals surface area contributed by atoms with E-state index in [4.69, 9.17) is 23.2 Å². The number of rotatable bonds is 2. The van der Waals surface area contributed by atoms with Gasteiger partial charge in [-0.1, -0.05) is 23.2 Å². The van der Waals surface area contributed by atoms with Gasteiger partial charge in [-0.3, -0.25) is 0 Å². The minimum absolute atomic E-state index is 0.117. The second-order valence-corrected chi connectivity index (χ2v) is 3.02. The molecule has 14 heavy (non-hydrogen) atoms. The summed E-state index contributed by atoms with van der Waals surface area (Å²) in [5, 5.41) is 1.72. The molecule has 78 valence electrons. The van der Waals surface area contributed by atoms with Crippen LogP contribution in [0.3, 0.4) is 0 Å². The maximum absolute atomic E-state index is 11.8. The number of aromatic nitrogens is 2. The Hall–Kier alpha value is -0.750. The van der Waals surface area contributed by atoms with Crippen LogP contribution in [0, 0.1) is 0 Å². The molecular weight excluding hydrogens is 242 g/mol. The summed E-state index contributed by atoms with van der Waals surface area (Å²) in [7, 11) is 0. The van der Waals surface area contributed by atoms with Gasteiger partial charge in [0.1, 0.15) is 18.6 Å². The molecule has 0 unspecified atom stereocenters. The van der Waals surface area contributed by atoms with Gasteiger partial charge in [-0.2, -0.15) is 13.2 Å². The first-order valence-electron chi connectivity index (χ1n) is 3.37. The van der Waals surface area contributed by atoms with Crippen LogP contribution in [-0.2, 0) is 0 Å². The van der Waals surface area contributed by atoms with E-state index >= 15 is 0 Å². The van der Waals surface area contributed by atoms with Gasteiger partial charge < -0.3 is 5.32 Å². The average molecular weight is 246 g/mol. The van der Waals surface area contributed by atoms with E-state index in [0.29, 0.717) is 0 Å². The lowest BCUT2D eigenvalue weighted by atomic mass is 10.5. The van der Waals surface area contributed by atoms with Gasteiger partial charge in [-0.05, 0) is 0 Å². The maximum Gasteiger partial charge on any atom is 0.405 e. The summed E-state index contributed by atoms with van der Waals surface area (Å²) in [5.74, 6) is 0. The van der Waals surface area contributed by atoms with Crippen LogP contribution in [0.15, 0.2) is 6.33 Å². The molecule has 1 heterocycles. The van der Waals surface area contributed by atoms with Crippen LogP contribution in [0.5, 0.6) is 0 Å². The molecule has 0 aliphatic heterocycles. The van der Waals surface area contributed by atoms with Crippen LogP contribution >= 0.6 is 23.2 Å². The molecule has 0 amide bonds. The van der Waals surface area contributed by atoms with Gasteiger partial charge in [0.05, 0.1) is 0 Å². The molecule has 1 aromatic heterocycles. The Kier molecular flexibility index (Phi) is 3.38. The van der Waals surface area contributed by atoms with Crippen LogP contribution in [0.1, 0.15) is 0 Å². The van der Waals surface area contributed by atoms with E-state index in [1.165, 1.54) is 0 Å². The maximum atomic E-state index is 11.8. The summed E-state index contributed by atoms with van der Waals surface area (Å²) in [6, 6.07) is 0. The average Bonchev–Trinajstić information content (AvgIpc) is 2.01. The zero-order chi connectivity index (χ0) is 10.8. The highest BCUT2D eigenvalue weighted by atomic mass is 35.5. The van der Waals surface area contributed by atoms with Crippen molar-refractivity contribution in [3.63, 3.8) is 0 Å². The van der Waals surface area contributed by atoms with Crippen LogP contribution in [0.4, 0.5) is 18.9 Å². The number of hydrogen-bond acceptors (Lipinski definition) is 3. The lowest BCUT2D eigenvalue weighted by molar-refractivity contribution is -0.115. The second-order valence-electron chi connectivity index (χ2n) is 2.30. The predicted molar refractivity (Wildman–Crippen MR) is 46.6 cm³/mol. The molecule has 1 N–H and O–H groups in total. The van der Waals surface area contributed by atoms with Gasteiger partial charge in [-0.15, -0.1) is 0 Å². The quantitative estimate of drug-likeness (QED) is 0.815. The molecule has 0 fully saturated rings. The molecule has 3 nitrogen and oxygen atoms in total. The molecule has 0 saturated heterocycles. The minimum atomic E-state index is -4.34. The van der Waals surface area contributed by atoms with Crippen LogP contribution < -0.4 is 5.32 Å². The number of hydrogen-bond donors (Lipinski definition) is 1. The van der Waals surface area contributed by atoms with Crippen molar-refractivity contribution in [3.8, 4) is 0 Å². The van der Waals surface area contributed by atoms with Crippen LogP contribution in [0.2, 0.25) is 10.3 Å². The van der Waals surface area contributed by atoms with E-state index in [-0.39, 0.29) is 16.0 Å². The predicted octanol–water partition coefficient (Wildman–Crippen LogP) is 2.76. The third-order valence-corrected chi connectivity index (χ3v) is 1.79. The van der Waals surface area contributed by atoms with Crippen LogP contribution in [-0.4, -0.2) is 22.7 Å². The molecule has 0 saturated carbocycles. The molecule has 0 bridgehead atoms. The Morgan fingerprint density at radius 3 is 2.14 bits per heavy atom. The van der Waals surface area contributed by atoms with E-state index < -0.39 is 12.7 Å². The van der Waals surface area contributed by atoms with Crippen molar-refractivity contribution in [1.82, 2.24) is 9.97 Å². The van der Waals surface area contributed by atoms with Crippen molar-refractivity contribution < 1.29 is 13.2 Å². The van der Waals surface area contributed by atoms with Gasteiger partial charge >= 0.3 is 6.18 Å². The monoisotopic (exact) mass is 245 g/mol. The van der Waals surface area contributed by atoms with Crippen molar-refractivity contribution >= 4 is 28.9 Å². The molecular formula is C6H4Cl2F3N3. The standard InChI is InChI=1S/C6H4Cl2F3N3/c7-4-3(5(8)14-2-13-4)12-1-6(9,10)11/h2,12H,1H2. The summed E-state index contributed by atoms with van der Waals surface area (Å²) in [6.45, 7) is -1.24. The number of halogens is 5. The van der Waals surface area contributed by atoms with Gasteiger partial charge in [0.25, 0.3) is 0 Å². The minimum Gasteiger partial charge on any atom is -0.371 e. The van der Waals surface area contributed by atoms with Crippen molar-refractivity contribution in [2.45, 2.75) is 6.18 Å². The Morgan fingerprint density at radius 1 is 1.21 bits per heavy atom. The number of anilines is 1. The van der Waals surface area contributed by atoms with E-state index in [9.17, 15) is 13.2 Å². The van der Waals surface area contributed by atoms with E-state index in [1.807, 2.05) is 5.32 Å². The van der Waals surface area contributed by atoms with Crippen molar-refractivity contribution in [3.05, 3.63) is 16.6 Å². The fourth-order valence-corrected chi connectivity index (χ4v) is 1.13. The molecule has 0 atom stereocenters. The first-order valence-corrected chi connectivity index (χ1v) is 4.12. The Balaban J connectivity index is 2.77. The molecule has 0 radical (unpaired) electrons. The second kappa shape index (κ2) is 4.18. The summed E-state index contributed by atoms with van der Waals surface area (Å²) < 4.78 is 35.4. The summed E-state index contributed by atoms with van der Waals surface area (Å²) in [4.78, 5) is 6.96. The van der Waals surface area contributed by atoms with Crippen molar-refractivity contribution in [2.24, 2.45) is 0 Å². The third kappa shape index (κ3) is 3.19. The normalized spacial score (nSPS) is 11.5. The van der Waals surface area contributed by atoms with Crippen molar-refractivity contribution in [2.75, 3.05) is 11.9 Å². The molecule has 0 aromatic carbocycles. The Bertz CT molecular complexity index is 308. The highest BCUT2D eigenvalue weighted by Crippen LogP contribution is 2.27. The highest BCUT2D eigenvalue weighted by molar-refractivity contribution is 6.37. The third-order valence-electron chi connectivity index (χ3n) is 1.22. The summed E-state index contributed by atoms with van der Waals surface area (Å²) >= 11 is 11.0. The summed E-state index contributed by atoms with van der Waals surface area (Å²) in [5.41, 5.74) is -0.117. The van der Waals surface area contributed by atoms with E-state index in [0.717, 1.165) is 6.33 Å². The smallest absolute Gasteiger partial charge is 0.371 e. The zero-order valence-corrected chi connectivity index (χ0v) is 8.08. The Labute approximate surface area is 87.3 Å². The highest BCUT2D eigenvalue weighted by Gasteiger charge is 2.27. The van der Waals surface area contributed by atoms with E-state index in [2.05, 4.69) is 9.97 Å². The lowest BCUT2D eigenvalue weighted by Crippen LogP contribution is -2.21. The van der Waals surface area contributed by atoms with Crippen LogP contribution in [0.25, 0.3) is 0 Å². The fourth-order valence-electron chi connectivity index (χ4n) is 0.679. The van der Waals surface area contributed by atoms with Crippen molar-refractivity contribution in [1.29, 1.82) is 0 Å². The van der Waals surface area contributed by atoms with Gasteiger partial charge in [0.2, 0.25) is 0 Å². The topological polar surface area (TPSA) is 37.8 Å². The number of nitrogens with zero attached hydrogens (tertiary/aromatic N) is 2. The van der Waals surface area contributed by atoms with E-state index in [1.54, 1.807) is 0 Å². The zero-order valence-electron chi connectivity index (χ0n) is 6.57. The number of nitrogens with one attached hydrogen (secondary N) is 1. The molecule has 1 rings (SSSR count). The number of alkyl halides is 3. The lowest BCUT2D eigenvalue weighted by Gasteiger charge is -2.10. The SMILES string of the molecule is FC(F)(F)CNc1c(Cl)ncnc1Cl. The fraction of sp³-hybridized carbons (Fsp3) is 0.333. The molecule has 8 heteroatoms. The molecule has 0 aliphatic rings. The first kappa shape index (κ1) is 11.3. The molecule has 0 aliphatic carbocycles. The van der Waals surface area contributed by atoms with Gasteiger partial charge in [-0.25, -0.2) is 9.97 Å². The summed E-state index contributed by atoms with van der Waals surface area (Å²) in [6.07, 6.45) is -3.29. The molecule has 0 spiro atoms. The Morgan fingerprint density at radius 2 is 1.71 bits per heavy atom. The van der Waals surface area contributed by atoms with Gasteiger partial charge in [0, 0.05) is 0 Å². The largest absolute Gasteiger partial charge is 0.405 e. The van der Waals surface area contributed by atoms with Gasteiger partial charge in [0.15, 0.2) is 10.3 Å².